The highest BCUT2D eigenvalue weighted by Gasteiger charge is 2.50. The predicted octanol–water partition coefficient (Wildman–Crippen LogP) is 1.06. The van der Waals surface area contributed by atoms with Crippen LogP contribution in [-0.4, -0.2) is 58.0 Å². The molecule has 1 aromatic carbocycles. The first-order valence-electron chi connectivity index (χ1n) is 10.7. The van der Waals surface area contributed by atoms with Crippen LogP contribution in [0.2, 0.25) is 0 Å². The second kappa shape index (κ2) is 7.84. The van der Waals surface area contributed by atoms with Crippen molar-refractivity contribution >= 4 is 11.8 Å². The number of rotatable bonds is 4. The van der Waals surface area contributed by atoms with Gasteiger partial charge in [0.2, 0.25) is 5.43 Å². The molecule has 2 bridgehead atoms. The van der Waals surface area contributed by atoms with Gasteiger partial charge in [0, 0.05) is 30.9 Å². The summed E-state index contributed by atoms with van der Waals surface area (Å²) in [5, 5.41) is 14.9. The fraction of sp³-hybridized carbons (Fsp3) is 0.409. The van der Waals surface area contributed by atoms with E-state index in [2.05, 4.69) is 5.32 Å². The smallest absolute Gasteiger partial charge is 0.278 e. The van der Waals surface area contributed by atoms with Crippen LogP contribution < -0.4 is 15.8 Å². The maximum Gasteiger partial charge on any atom is 0.278 e. The van der Waals surface area contributed by atoms with E-state index in [9.17, 15) is 28.3 Å². The quantitative estimate of drug-likeness (QED) is 0.708. The molecule has 11 heteroatoms. The zero-order chi connectivity index (χ0) is 23.4. The predicted molar refractivity (Wildman–Crippen MR) is 111 cm³/mol. The molecule has 0 spiro atoms. The molecule has 3 aliphatic heterocycles. The lowest BCUT2D eigenvalue weighted by Gasteiger charge is -2.51. The second-order valence-corrected chi connectivity index (χ2v) is 8.33. The zero-order valence-corrected chi connectivity index (χ0v) is 17.8. The van der Waals surface area contributed by atoms with Gasteiger partial charge in [-0.3, -0.25) is 24.1 Å². The number of morpholine rings is 1. The molecule has 0 radical (unpaired) electrons. The molecule has 2 fully saturated rings. The third kappa shape index (κ3) is 3.34. The number of aromatic hydroxyl groups is 1. The number of likely N-dealkylation sites (N-methyl/N-ethyl adjacent to an activating group) is 1. The largest absolute Gasteiger partial charge is 0.502 e. The van der Waals surface area contributed by atoms with Gasteiger partial charge in [-0.25, -0.2) is 8.78 Å². The van der Waals surface area contributed by atoms with Crippen molar-refractivity contribution in [3.63, 3.8) is 0 Å². The lowest BCUT2D eigenvalue weighted by molar-refractivity contribution is -0.0524. The van der Waals surface area contributed by atoms with Crippen LogP contribution in [0.5, 0.6) is 5.75 Å². The van der Waals surface area contributed by atoms with E-state index in [1.54, 1.807) is 11.8 Å². The summed E-state index contributed by atoms with van der Waals surface area (Å²) in [5.74, 6) is -3.79. The molecule has 2 aromatic rings. The number of pyridine rings is 1. The molecule has 2 amide bonds. The van der Waals surface area contributed by atoms with Crippen LogP contribution >= 0.6 is 0 Å². The number of nitrogens with zero attached hydrogens (tertiary/aromatic N) is 3. The highest BCUT2D eigenvalue weighted by Crippen LogP contribution is 2.36. The molecule has 1 aromatic heterocycles. The van der Waals surface area contributed by atoms with Crippen LogP contribution in [0.1, 0.15) is 46.2 Å². The average Bonchev–Trinajstić information content (AvgIpc) is 3.17. The third-order valence-corrected chi connectivity index (χ3v) is 6.43. The van der Waals surface area contributed by atoms with E-state index < -0.39 is 46.4 Å². The molecule has 0 aliphatic carbocycles. The number of carbonyl (C=O) groups is 2. The topological polar surface area (TPSA) is 104 Å². The van der Waals surface area contributed by atoms with Gasteiger partial charge >= 0.3 is 0 Å². The summed E-state index contributed by atoms with van der Waals surface area (Å²) in [6.07, 6.45) is 2.11. The molecule has 9 nitrogen and oxygen atoms in total. The molecule has 33 heavy (non-hydrogen) atoms. The number of ether oxygens (including phenoxy) is 1. The molecule has 174 valence electrons. The van der Waals surface area contributed by atoms with Crippen molar-refractivity contribution in [1.29, 1.82) is 0 Å². The minimum atomic E-state index is -1.00. The molecule has 4 heterocycles. The van der Waals surface area contributed by atoms with Crippen LogP contribution in [0.25, 0.3) is 0 Å². The SMILES string of the molecule is CCN1C(=O)c2c(O)c(=O)c(C(=O)NCc3ccc(F)cc3F)cn2N2C[C@@H]3CC[C@@H](O3)[C@@H]12. The number of amides is 2. The Morgan fingerprint density at radius 3 is 2.79 bits per heavy atom. The first-order valence-corrected chi connectivity index (χ1v) is 10.7. The minimum absolute atomic E-state index is 0.0330. The normalized spacial score (nSPS) is 23.4. The first kappa shape index (κ1) is 21.4. The van der Waals surface area contributed by atoms with Crippen molar-refractivity contribution < 1.29 is 28.2 Å². The molecular formula is C22H22F2N4O5. The van der Waals surface area contributed by atoms with E-state index in [1.165, 1.54) is 16.9 Å². The van der Waals surface area contributed by atoms with Crippen molar-refractivity contribution in [3.05, 3.63) is 63.1 Å². The lowest BCUT2D eigenvalue weighted by Crippen LogP contribution is -2.68. The van der Waals surface area contributed by atoms with E-state index in [0.29, 0.717) is 19.2 Å². The Morgan fingerprint density at radius 1 is 1.27 bits per heavy atom. The first-order chi connectivity index (χ1) is 15.8. The molecule has 2 N–H and O–H groups in total. The monoisotopic (exact) mass is 460 g/mol. The van der Waals surface area contributed by atoms with E-state index in [0.717, 1.165) is 18.9 Å². The standard InChI is InChI=1S/C22H22F2N4O5/c1-2-26-21-16-6-5-13(33-16)9-28(21)27-10-14(18(29)19(30)17(27)22(26)32)20(31)25-8-11-3-4-12(23)7-15(11)24/h3-4,7,10,13,16,21,30H,2,5-6,8-9H2,1H3,(H,25,31)/t13-,16+,21-/m0/s1. The number of carbonyl (C=O) groups excluding carboxylic acids is 2. The van der Waals surface area contributed by atoms with E-state index in [4.69, 9.17) is 4.74 Å². The summed E-state index contributed by atoms with van der Waals surface area (Å²) in [7, 11) is 0. The number of hydrogen-bond acceptors (Lipinski definition) is 6. The maximum absolute atomic E-state index is 13.9. The molecule has 3 atom stereocenters. The summed E-state index contributed by atoms with van der Waals surface area (Å²) in [4.78, 5) is 40.3. The Hall–Kier alpha value is -3.47. The third-order valence-electron chi connectivity index (χ3n) is 6.43. The number of nitrogens with one attached hydrogen (secondary N) is 1. The molecule has 5 rings (SSSR count). The van der Waals surface area contributed by atoms with E-state index in [1.807, 2.05) is 5.01 Å². The number of halogens is 2. The Kier molecular flexibility index (Phi) is 5.08. The van der Waals surface area contributed by atoms with Gasteiger partial charge in [0.1, 0.15) is 23.4 Å². The van der Waals surface area contributed by atoms with Gasteiger partial charge < -0.3 is 20.1 Å². The van der Waals surface area contributed by atoms with Gasteiger partial charge in [-0.2, -0.15) is 0 Å². The lowest BCUT2D eigenvalue weighted by atomic mass is 10.1. The minimum Gasteiger partial charge on any atom is -0.502 e. The van der Waals surface area contributed by atoms with Gasteiger partial charge in [-0.05, 0) is 25.8 Å². The Morgan fingerprint density at radius 2 is 2.06 bits per heavy atom. The van der Waals surface area contributed by atoms with Crippen molar-refractivity contribution in [2.24, 2.45) is 0 Å². The summed E-state index contributed by atoms with van der Waals surface area (Å²) in [5.41, 5.74) is -1.57. The molecule has 2 saturated heterocycles. The summed E-state index contributed by atoms with van der Waals surface area (Å²) >= 11 is 0. The van der Waals surface area contributed by atoms with E-state index >= 15 is 0 Å². The van der Waals surface area contributed by atoms with Crippen molar-refractivity contribution in [1.82, 2.24) is 14.9 Å². The highest BCUT2D eigenvalue weighted by atomic mass is 19.1. The number of benzene rings is 1. The van der Waals surface area contributed by atoms with Gasteiger partial charge in [0.25, 0.3) is 11.8 Å². The molecule has 0 saturated carbocycles. The second-order valence-electron chi connectivity index (χ2n) is 8.33. The van der Waals surface area contributed by atoms with Gasteiger partial charge in [-0.1, -0.05) is 6.07 Å². The average molecular weight is 460 g/mol. The Labute approximate surface area is 187 Å². The van der Waals surface area contributed by atoms with Crippen LogP contribution in [0.15, 0.2) is 29.2 Å². The van der Waals surface area contributed by atoms with Crippen LogP contribution in [0.4, 0.5) is 8.78 Å². The Balaban J connectivity index is 1.51. The van der Waals surface area contributed by atoms with Crippen LogP contribution in [0.3, 0.4) is 0 Å². The molecular weight excluding hydrogens is 438 g/mol. The van der Waals surface area contributed by atoms with Crippen LogP contribution in [-0.2, 0) is 11.3 Å². The fourth-order valence-corrected chi connectivity index (χ4v) is 4.85. The van der Waals surface area contributed by atoms with Gasteiger partial charge in [-0.15, -0.1) is 0 Å². The summed E-state index contributed by atoms with van der Waals surface area (Å²) < 4.78 is 34.4. The molecule has 3 aliphatic rings. The molecule has 0 unspecified atom stereocenters. The maximum atomic E-state index is 13.9. The number of hydrogen-bond donors (Lipinski definition) is 2. The van der Waals surface area contributed by atoms with Crippen molar-refractivity contribution in [2.45, 2.75) is 44.7 Å². The van der Waals surface area contributed by atoms with Gasteiger partial charge in [0.15, 0.2) is 11.4 Å². The fourth-order valence-electron chi connectivity index (χ4n) is 4.85. The van der Waals surface area contributed by atoms with Gasteiger partial charge in [0.05, 0.1) is 18.8 Å². The number of aromatic nitrogens is 1. The summed E-state index contributed by atoms with van der Waals surface area (Å²) in [6.45, 7) is 2.28. The van der Waals surface area contributed by atoms with Crippen LogP contribution in [0, 0.1) is 11.6 Å². The highest BCUT2D eigenvalue weighted by molar-refractivity contribution is 5.99. The van der Waals surface area contributed by atoms with E-state index in [-0.39, 0.29) is 30.0 Å². The van der Waals surface area contributed by atoms with Crippen molar-refractivity contribution in [2.75, 3.05) is 18.1 Å². The zero-order valence-electron chi connectivity index (χ0n) is 17.8. The summed E-state index contributed by atoms with van der Waals surface area (Å²) in [6, 6.07) is 2.94. The van der Waals surface area contributed by atoms with Crippen molar-refractivity contribution in [3.8, 4) is 5.75 Å². The number of fused-ring (bicyclic) bond motifs is 6. The Bertz CT molecular complexity index is 1220.